The number of amides is 1. The number of halogens is 1. The molecular formula is C21H27ClN2O3S. The van der Waals surface area contributed by atoms with E-state index < -0.39 is 15.9 Å². The minimum Gasteiger partial charge on any atom is -0.322 e. The molecule has 0 aliphatic heterocycles. The SMILES string of the molecule is CCN(CC)S(=O)(=O)c1cc(C(=O)Nc2ccc(C(C)(C)C)cc2)ccc1Cl. The molecule has 0 bridgehead atoms. The van der Waals surface area contributed by atoms with Crippen molar-refractivity contribution in [1.82, 2.24) is 4.31 Å². The Balaban J connectivity index is 2.30. The summed E-state index contributed by atoms with van der Waals surface area (Å²) in [7, 11) is -3.76. The fourth-order valence-electron chi connectivity index (χ4n) is 2.80. The van der Waals surface area contributed by atoms with Crippen LogP contribution in [0.5, 0.6) is 0 Å². The number of rotatable bonds is 6. The van der Waals surface area contributed by atoms with Gasteiger partial charge in [0.15, 0.2) is 0 Å². The fraction of sp³-hybridized carbons (Fsp3) is 0.381. The van der Waals surface area contributed by atoms with E-state index in [1.807, 2.05) is 24.3 Å². The van der Waals surface area contributed by atoms with E-state index >= 15 is 0 Å². The molecule has 1 N–H and O–H groups in total. The molecular weight excluding hydrogens is 396 g/mol. The molecule has 0 heterocycles. The van der Waals surface area contributed by atoms with Gasteiger partial charge in [-0.05, 0) is 41.3 Å². The molecule has 2 aromatic carbocycles. The molecule has 28 heavy (non-hydrogen) atoms. The van der Waals surface area contributed by atoms with Crippen LogP contribution in [0.3, 0.4) is 0 Å². The molecule has 0 saturated heterocycles. The molecule has 5 nitrogen and oxygen atoms in total. The molecule has 7 heteroatoms. The zero-order valence-corrected chi connectivity index (χ0v) is 18.5. The average molecular weight is 423 g/mol. The van der Waals surface area contributed by atoms with Crippen LogP contribution >= 0.6 is 11.6 Å². The Morgan fingerprint density at radius 3 is 2.11 bits per heavy atom. The molecule has 0 radical (unpaired) electrons. The maximum atomic E-state index is 12.8. The van der Waals surface area contributed by atoms with Crippen molar-refractivity contribution in [3.63, 3.8) is 0 Å². The summed E-state index contributed by atoms with van der Waals surface area (Å²) in [5, 5.41) is 2.90. The van der Waals surface area contributed by atoms with E-state index in [1.54, 1.807) is 13.8 Å². The zero-order chi connectivity index (χ0) is 21.1. The van der Waals surface area contributed by atoms with E-state index in [0.29, 0.717) is 18.8 Å². The number of hydrogen-bond donors (Lipinski definition) is 1. The lowest BCUT2D eigenvalue weighted by atomic mass is 9.87. The van der Waals surface area contributed by atoms with Crippen LogP contribution in [0.25, 0.3) is 0 Å². The summed E-state index contributed by atoms with van der Waals surface area (Å²) in [5.41, 5.74) is 2.05. The van der Waals surface area contributed by atoms with Gasteiger partial charge in [0.25, 0.3) is 5.91 Å². The second-order valence-corrected chi connectivity index (χ2v) is 9.83. The molecule has 0 fully saturated rings. The first kappa shape index (κ1) is 22.4. The van der Waals surface area contributed by atoms with Gasteiger partial charge in [0.2, 0.25) is 10.0 Å². The fourth-order valence-corrected chi connectivity index (χ4v) is 4.76. The van der Waals surface area contributed by atoms with Crippen LogP contribution in [0.2, 0.25) is 5.02 Å². The van der Waals surface area contributed by atoms with Crippen molar-refractivity contribution in [2.45, 2.75) is 44.9 Å². The number of benzene rings is 2. The van der Waals surface area contributed by atoms with Crippen molar-refractivity contribution in [3.05, 3.63) is 58.6 Å². The number of anilines is 1. The first-order valence-corrected chi connectivity index (χ1v) is 11.0. The van der Waals surface area contributed by atoms with Gasteiger partial charge in [-0.25, -0.2) is 8.42 Å². The summed E-state index contributed by atoms with van der Waals surface area (Å²) >= 11 is 6.13. The highest BCUT2D eigenvalue weighted by Gasteiger charge is 2.25. The highest BCUT2D eigenvalue weighted by atomic mass is 35.5. The number of nitrogens with zero attached hydrogens (tertiary/aromatic N) is 1. The second kappa shape index (κ2) is 8.64. The first-order valence-electron chi connectivity index (χ1n) is 9.22. The Labute approximate surface area is 172 Å². The van der Waals surface area contributed by atoms with E-state index in [1.165, 1.54) is 22.5 Å². The molecule has 2 aromatic rings. The standard InChI is InChI=1S/C21H27ClN2O3S/c1-6-24(7-2)28(26,27)19-14-15(8-13-18(19)22)20(25)23-17-11-9-16(10-12-17)21(3,4)5/h8-14H,6-7H2,1-5H3,(H,23,25). The molecule has 0 aliphatic rings. The summed E-state index contributed by atoms with van der Waals surface area (Å²) < 4.78 is 26.9. The number of nitrogens with one attached hydrogen (secondary N) is 1. The second-order valence-electron chi connectivity index (χ2n) is 7.52. The van der Waals surface area contributed by atoms with E-state index in [9.17, 15) is 13.2 Å². The average Bonchev–Trinajstić information content (AvgIpc) is 2.62. The van der Waals surface area contributed by atoms with Gasteiger partial charge >= 0.3 is 0 Å². The van der Waals surface area contributed by atoms with Crippen molar-refractivity contribution in [2.75, 3.05) is 18.4 Å². The van der Waals surface area contributed by atoms with Crippen molar-refractivity contribution < 1.29 is 13.2 Å². The number of sulfonamides is 1. The lowest BCUT2D eigenvalue weighted by Gasteiger charge is -2.20. The van der Waals surface area contributed by atoms with Crippen molar-refractivity contribution in [2.24, 2.45) is 0 Å². The largest absolute Gasteiger partial charge is 0.322 e. The van der Waals surface area contributed by atoms with Gasteiger partial charge in [-0.2, -0.15) is 4.31 Å². The Morgan fingerprint density at radius 2 is 1.61 bits per heavy atom. The molecule has 1 amide bonds. The summed E-state index contributed by atoms with van der Waals surface area (Å²) in [6.07, 6.45) is 0. The molecule has 2 rings (SSSR count). The Morgan fingerprint density at radius 1 is 1.04 bits per heavy atom. The van der Waals surface area contributed by atoms with Crippen LogP contribution in [0, 0.1) is 0 Å². The smallest absolute Gasteiger partial charge is 0.255 e. The Hall–Kier alpha value is -1.89. The number of hydrogen-bond acceptors (Lipinski definition) is 3. The van der Waals surface area contributed by atoms with Crippen molar-refractivity contribution in [3.8, 4) is 0 Å². The molecule has 0 unspecified atom stereocenters. The molecule has 0 aliphatic carbocycles. The molecule has 0 atom stereocenters. The van der Waals surface area contributed by atoms with Crippen LogP contribution in [0.1, 0.15) is 50.5 Å². The summed E-state index contributed by atoms with van der Waals surface area (Å²) in [6.45, 7) is 10.5. The quantitative estimate of drug-likeness (QED) is 0.718. The van der Waals surface area contributed by atoms with Gasteiger partial charge in [0, 0.05) is 24.3 Å². The van der Waals surface area contributed by atoms with Gasteiger partial charge in [0.05, 0.1) is 5.02 Å². The van der Waals surface area contributed by atoms with Crippen LogP contribution in [-0.2, 0) is 15.4 Å². The maximum Gasteiger partial charge on any atom is 0.255 e. The topological polar surface area (TPSA) is 66.5 Å². The van der Waals surface area contributed by atoms with Crippen LogP contribution in [-0.4, -0.2) is 31.7 Å². The highest BCUT2D eigenvalue weighted by molar-refractivity contribution is 7.89. The minimum atomic E-state index is -3.76. The van der Waals surface area contributed by atoms with Crippen LogP contribution in [0.4, 0.5) is 5.69 Å². The Bertz CT molecular complexity index is 945. The zero-order valence-electron chi connectivity index (χ0n) is 16.9. The van der Waals surface area contributed by atoms with Gasteiger partial charge < -0.3 is 5.32 Å². The van der Waals surface area contributed by atoms with E-state index in [-0.39, 0.29) is 20.9 Å². The minimum absolute atomic E-state index is 0.0202. The third-order valence-electron chi connectivity index (χ3n) is 4.53. The lowest BCUT2D eigenvalue weighted by molar-refractivity contribution is 0.102. The van der Waals surface area contributed by atoms with Gasteiger partial charge in [0.1, 0.15) is 4.90 Å². The summed E-state index contributed by atoms with van der Waals surface area (Å²) in [6, 6.07) is 11.9. The van der Waals surface area contributed by atoms with Crippen molar-refractivity contribution >= 4 is 33.2 Å². The Kier molecular flexibility index (Phi) is 6.91. The summed E-state index contributed by atoms with van der Waals surface area (Å²) in [5.74, 6) is -0.392. The third-order valence-corrected chi connectivity index (χ3v) is 7.06. The molecule has 152 valence electrons. The molecule has 0 spiro atoms. The number of carbonyl (C=O) groups excluding carboxylic acids is 1. The van der Waals surface area contributed by atoms with Gasteiger partial charge in [-0.1, -0.05) is 58.4 Å². The monoisotopic (exact) mass is 422 g/mol. The number of carbonyl (C=O) groups is 1. The lowest BCUT2D eigenvalue weighted by Crippen LogP contribution is -2.31. The van der Waals surface area contributed by atoms with Gasteiger partial charge in [-0.15, -0.1) is 0 Å². The van der Waals surface area contributed by atoms with E-state index in [2.05, 4.69) is 26.1 Å². The maximum absolute atomic E-state index is 12.8. The van der Waals surface area contributed by atoms with Crippen LogP contribution < -0.4 is 5.32 Å². The predicted molar refractivity (Wildman–Crippen MR) is 115 cm³/mol. The van der Waals surface area contributed by atoms with E-state index in [0.717, 1.165) is 5.56 Å². The predicted octanol–water partition coefficient (Wildman–Crippen LogP) is 4.92. The summed E-state index contributed by atoms with van der Waals surface area (Å²) in [4.78, 5) is 12.6. The third kappa shape index (κ3) is 4.93. The van der Waals surface area contributed by atoms with Crippen molar-refractivity contribution in [1.29, 1.82) is 0 Å². The first-order chi connectivity index (χ1) is 13.0. The highest BCUT2D eigenvalue weighted by Crippen LogP contribution is 2.27. The molecule has 0 saturated carbocycles. The van der Waals surface area contributed by atoms with Gasteiger partial charge in [-0.3, -0.25) is 4.79 Å². The molecule has 0 aromatic heterocycles. The van der Waals surface area contributed by atoms with E-state index in [4.69, 9.17) is 11.6 Å². The normalized spacial score (nSPS) is 12.2. The van der Waals surface area contributed by atoms with Crippen LogP contribution in [0.15, 0.2) is 47.4 Å².